The molecule has 1 fully saturated rings. The van der Waals surface area contributed by atoms with Crippen molar-refractivity contribution < 1.29 is 48.5 Å². The predicted octanol–water partition coefficient (Wildman–Crippen LogP) is 2.61. The van der Waals surface area contributed by atoms with Gasteiger partial charge in [-0.05, 0) is 38.8 Å². The zero-order chi connectivity index (χ0) is 26.2. The highest BCUT2D eigenvalue weighted by molar-refractivity contribution is 5.95. The van der Waals surface area contributed by atoms with Gasteiger partial charge in [0.1, 0.15) is 35.4 Å². The summed E-state index contributed by atoms with van der Waals surface area (Å²) in [5.74, 6) is -1.55. The van der Waals surface area contributed by atoms with Crippen molar-refractivity contribution in [1.82, 2.24) is 0 Å². The Hall–Kier alpha value is -2.47. The van der Waals surface area contributed by atoms with Crippen molar-refractivity contribution in [2.24, 2.45) is 0 Å². The molecule has 1 aromatic carbocycles. The second-order valence-corrected chi connectivity index (χ2v) is 8.54. The zero-order valence-electron chi connectivity index (χ0n) is 21.0. The van der Waals surface area contributed by atoms with E-state index in [2.05, 4.69) is 0 Å². The van der Waals surface area contributed by atoms with Crippen LogP contribution in [0.15, 0.2) is 30.4 Å². The number of carbonyl (C=O) groups is 1. The lowest BCUT2D eigenvalue weighted by Gasteiger charge is -2.21. The van der Waals surface area contributed by atoms with E-state index in [1.165, 1.54) is 33.5 Å². The van der Waals surface area contributed by atoms with E-state index in [1.807, 2.05) is 0 Å². The summed E-state index contributed by atoms with van der Waals surface area (Å²) >= 11 is 0. The third-order valence-electron chi connectivity index (χ3n) is 5.36. The molecule has 1 aliphatic heterocycles. The van der Waals surface area contributed by atoms with Crippen molar-refractivity contribution in [3.8, 4) is 11.5 Å². The molecule has 0 aromatic heterocycles. The van der Waals surface area contributed by atoms with Crippen LogP contribution in [0.25, 0.3) is 6.08 Å². The van der Waals surface area contributed by atoms with Crippen LogP contribution in [-0.2, 0) is 18.9 Å². The van der Waals surface area contributed by atoms with E-state index in [9.17, 15) is 20.1 Å². The molecule has 0 bridgehead atoms. The highest BCUT2D eigenvalue weighted by Crippen LogP contribution is 2.34. The van der Waals surface area contributed by atoms with Gasteiger partial charge in [0.2, 0.25) is 0 Å². The first-order valence-electron chi connectivity index (χ1n) is 11.2. The van der Waals surface area contributed by atoms with Crippen LogP contribution < -0.4 is 9.47 Å². The summed E-state index contributed by atoms with van der Waals surface area (Å²) in [6.45, 7) is 4.97. The summed E-state index contributed by atoms with van der Waals surface area (Å²) in [6, 6.07) is 3.07. The van der Waals surface area contributed by atoms with Gasteiger partial charge >= 0.3 is 5.97 Å². The van der Waals surface area contributed by atoms with Crippen molar-refractivity contribution >= 4 is 12.0 Å². The SMILES string of the molecule is COCOc1cc(OC)cc(C=CC[C@@H]2OC(C)(C)O[C@@H]2C(O)C=C[C@@H](OC)[C@H](C)O)c1C(=O)O. The number of methoxy groups -OCH3 is 3. The first-order chi connectivity index (χ1) is 16.5. The second-order valence-electron chi connectivity index (χ2n) is 8.54. The molecule has 2 rings (SSSR count). The minimum absolute atomic E-state index is 0.0359. The summed E-state index contributed by atoms with van der Waals surface area (Å²) < 4.78 is 32.7. The molecule has 1 heterocycles. The fraction of sp³-hybridized carbons (Fsp3) is 0.560. The van der Waals surface area contributed by atoms with Crippen LogP contribution in [0.5, 0.6) is 11.5 Å². The summed E-state index contributed by atoms with van der Waals surface area (Å²) in [5.41, 5.74) is 0.337. The average Bonchev–Trinajstić information content (AvgIpc) is 3.11. The van der Waals surface area contributed by atoms with Gasteiger partial charge in [-0.1, -0.05) is 24.3 Å². The molecule has 3 N–H and O–H groups in total. The van der Waals surface area contributed by atoms with Crippen LogP contribution in [0.2, 0.25) is 0 Å². The minimum atomic E-state index is -1.16. The molecule has 196 valence electrons. The van der Waals surface area contributed by atoms with E-state index < -0.39 is 42.3 Å². The smallest absolute Gasteiger partial charge is 0.340 e. The number of aliphatic hydroxyl groups is 2. The first-order valence-corrected chi connectivity index (χ1v) is 11.2. The molecule has 10 heteroatoms. The highest BCUT2D eigenvalue weighted by Gasteiger charge is 2.43. The molecule has 0 radical (unpaired) electrons. The zero-order valence-corrected chi connectivity index (χ0v) is 21.0. The van der Waals surface area contributed by atoms with Gasteiger partial charge < -0.3 is 43.7 Å². The summed E-state index contributed by atoms with van der Waals surface area (Å²) in [7, 11) is 4.38. The maximum absolute atomic E-state index is 11.9. The molecule has 1 aliphatic rings. The van der Waals surface area contributed by atoms with Crippen LogP contribution in [0.4, 0.5) is 0 Å². The van der Waals surface area contributed by atoms with Crippen molar-refractivity contribution in [3.63, 3.8) is 0 Å². The van der Waals surface area contributed by atoms with E-state index in [0.717, 1.165) is 0 Å². The van der Waals surface area contributed by atoms with Crippen molar-refractivity contribution in [2.45, 2.75) is 63.5 Å². The van der Waals surface area contributed by atoms with Crippen molar-refractivity contribution in [3.05, 3.63) is 41.5 Å². The third kappa shape index (κ3) is 8.03. The van der Waals surface area contributed by atoms with Gasteiger partial charge in [0.15, 0.2) is 12.6 Å². The van der Waals surface area contributed by atoms with Crippen LogP contribution in [0.1, 0.15) is 43.1 Å². The van der Waals surface area contributed by atoms with Gasteiger partial charge in [0, 0.05) is 20.3 Å². The van der Waals surface area contributed by atoms with Gasteiger partial charge in [-0.3, -0.25) is 0 Å². The quantitative estimate of drug-likeness (QED) is 0.276. The van der Waals surface area contributed by atoms with E-state index in [4.69, 9.17) is 28.4 Å². The largest absolute Gasteiger partial charge is 0.497 e. The normalized spacial score (nSPS) is 22.4. The Balaban J connectivity index is 2.25. The molecule has 0 spiro atoms. The molecular formula is C25H36O10. The maximum atomic E-state index is 11.9. The lowest BCUT2D eigenvalue weighted by atomic mass is 10.0. The van der Waals surface area contributed by atoms with Gasteiger partial charge in [-0.15, -0.1) is 0 Å². The number of benzene rings is 1. The number of aliphatic hydroxyl groups excluding tert-OH is 2. The monoisotopic (exact) mass is 496 g/mol. The fourth-order valence-electron chi connectivity index (χ4n) is 3.76. The molecule has 1 saturated heterocycles. The minimum Gasteiger partial charge on any atom is -0.497 e. The number of rotatable bonds is 13. The first kappa shape index (κ1) is 28.8. The fourth-order valence-corrected chi connectivity index (χ4v) is 3.76. The number of hydrogen-bond acceptors (Lipinski definition) is 9. The van der Waals surface area contributed by atoms with Gasteiger partial charge in [0.25, 0.3) is 0 Å². The van der Waals surface area contributed by atoms with E-state index >= 15 is 0 Å². The van der Waals surface area contributed by atoms with Gasteiger partial charge in [-0.2, -0.15) is 0 Å². The summed E-state index contributed by atoms with van der Waals surface area (Å²) in [4.78, 5) is 11.9. The standard InChI is InChI=1S/C25H36O10/c1-15(26)19(32-6)11-10-18(27)23-20(34-25(2,3)35-23)9-7-8-16-12-17(31-5)13-21(33-14-30-4)22(16)24(28)29/h7-8,10-13,15,18-20,23,26-27H,9,14H2,1-6H3,(H,28,29)/t15-,18?,19+,20-,23+/m0/s1. The van der Waals surface area contributed by atoms with Crippen LogP contribution in [-0.4, -0.2) is 85.7 Å². The van der Waals surface area contributed by atoms with Crippen molar-refractivity contribution in [2.75, 3.05) is 28.1 Å². The predicted molar refractivity (Wildman–Crippen MR) is 128 cm³/mol. The highest BCUT2D eigenvalue weighted by atomic mass is 16.8. The Labute approximate surface area is 205 Å². The maximum Gasteiger partial charge on any atom is 0.340 e. The number of carboxylic acids is 1. The Morgan fingerprint density at radius 3 is 2.46 bits per heavy atom. The molecule has 0 saturated carbocycles. The molecule has 0 amide bonds. The van der Waals surface area contributed by atoms with E-state index in [-0.39, 0.29) is 18.1 Å². The van der Waals surface area contributed by atoms with Crippen LogP contribution in [0.3, 0.4) is 0 Å². The third-order valence-corrected chi connectivity index (χ3v) is 5.36. The number of ether oxygens (including phenoxy) is 6. The summed E-state index contributed by atoms with van der Waals surface area (Å²) in [6.07, 6.45) is 3.24. The molecule has 0 aliphatic carbocycles. The Kier molecular flexibility index (Phi) is 10.7. The average molecular weight is 497 g/mol. The number of aromatic carboxylic acids is 1. The molecule has 1 unspecified atom stereocenters. The molecule has 5 atom stereocenters. The van der Waals surface area contributed by atoms with Crippen molar-refractivity contribution in [1.29, 1.82) is 0 Å². The van der Waals surface area contributed by atoms with Crippen LogP contribution in [0, 0.1) is 0 Å². The molecule has 35 heavy (non-hydrogen) atoms. The Bertz CT molecular complexity index is 892. The lowest BCUT2D eigenvalue weighted by Crippen LogP contribution is -2.34. The second kappa shape index (κ2) is 13.0. The van der Waals surface area contributed by atoms with Gasteiger partial charge in [-0.25, -0.2) is 4.79 Å². The topological polar surface area (TPSA) is 133 Å². The molecule has 10 nitrogen and oxygen atoms in total. The number of carboxylic acid groups (broad SMARTS) is 1. The lowest BCUT2D eigenvalue weighted by molar-refractivity contribution is -0.152. The molecular weight excluding hydrogens is 460 g/mol. The van der Waals surface area contributed by atoms with E-state index in [0.29, 0.717) is 17.7 Å². The summed E-state index contributed by atoms with van der Waals surface area (Å²) in [5, 5.41) is 30.2. The van der Waals surface area contributed by atoms with E-state index in [1.54, 1.807) is 45.1 Å². The van der Waals surface area contributed by atoms with Crippen LogP contribution >= 0.6 is 0 Å². The Morgan fingerprint density at radius 1 is 1.17 bits per heavy atom. The molecule has 1 aromatic rings. The number of hydrogen-bond donors (Lipinski definition) is 3. The Morgan fingerprint density at radius 2 is 1.89 bits per heavy atom. The van der Waals surface area contributed by atoms with Gasteiger partial charge in [0.05, 0.1) is 19.3 Å².